The molecule has 0 radical (unpaired) electrons. The Labute approximate surface area is 180 Å². The molecule has 1 aliphatic heterocycles. The van der Waals surface area contributed by atoms with Crippen LogP contribution in [-0.4, -0.2) is 16.9 Å². The maximum atomic E-state index is 4.66. The first kappa shape index (κ1) is 20.2. The van der Waals surface area contributed by atoms with Gasteiger partial charge in [-0.1, -0.05) is 79.2 Å². The predicted octanol–water partition coefficient (Wildman–Crippen LogP) is 6.64. The van der Waals surface area contributed by atoms with Gasteiger partial charge in [-0.3, -0.25) is 4.98 Å². The van der Waals surface area contributed by atoms with Crippen LogP contribution < -0.4 is 0 Å². The maximum absolute atomic E-state index is 4.66. The number of fused-ring (bicyclic) bond motifs is 1. The van der Waals surface area contributed by atoms with Crippen LogP contribution in [0.25, 0.3) is 11.3 Å². The fourth-order valence-electron chi connectivity index (χ4n) is 4.41. The normalized spacial score (nSPS) is 14.7. The lowest BCUT2D eigenvalue weighted by molar-refractivity contribution is 0.480. The Morgan fingerprint density at radius 2 is 1.70 bits per heavy atom. The largest absolute Gasteiger partial charge is 0.346 e. The summed E-state index contributed by atoms with van der Waals surface area (Å²) in [5.74, 6) is 0.510. The summed E-state index contributed by atoms with van der Waals surface area (Å²) in [4.78, 5) is 6.91. The van der Waals surface area contributed by atoms with Crippen molar-refractivity contribution in [2.75, 3.05) is 7.05 Å². The number of nitrogens with zero attached hydrogens (tertiary/aromatic N) is 2. The molecule has 0 amide bonds. The second kappa shape index (κ2) is 8.31. The summed E-state index contributed by atoms with van der Waals surface area (Å²) in [5.41, 5.74) is 11.0. The molecule has 3 aromatic rings. The Morgan fingerprint density at radius 1 is 0.933 bits per heavy atom. The summed E-state index contributed by atoms with van der Waals surface area (Å²) in [7, 11) is 2.13. The minimum Gasteiger partial charge on any atom is -0.346 e. The molecule has 0 bridgehead atoms. The molecule has 0 aliphatic carbocycles. The number of aryl methyl sites for hydroxylation is 2. The number of rotatable bonds is 5. The average Bonchev–Trinajstić information content (AvgIpc) is 2.73. The molecule has 2 nitrogen and oxygen atoms in total. The fourth-order valence-corrected chi connectivity index (χ4v) is 4.41. The van der Waals surface area contributed by atoms with Gasteiger partial charge in [0.25, 0.3) is 0 Å². The lowest BCUT2D eigenvalue weighted by Crippen LogP contribution is -2.25. The Balaban J connectivity index is 1.77. The van der Waals surface area contributed by atoms with Gasteiger partial charge in [0.2, 0.25) is 0 Å². The first-order valence-corrected chi connectivity index (χ1v) is 10.7. The molecule has 1 unspecified atom stereocenters. The Bertz CT molecular complexity index is 1110. The molecule has 0 saturated heterocycles. The summed E-state index contributed by atoms with van der Waals surface area (Å²) in [6.45, 7) is 11.0. The molecule has 2 heterocycles. The molecule has 2 aromatic carbocycles. The molecule has 1 atom stereocenters. The zero-order valence-electron chi connectivity index (χ0n) is 18.4. The van der Waals surface area contributed by atoms with Crippen molar-refractivity contribution in [2.45, 2.75) is 33.6 Å². The number of benzene rings is 2. The quantitative estimate of drug-likeness (QED) is 0.482. The molecule has 0 saturated carbocycles. The van der Waals surface area contributed by atoms with E-state index in [-0.39, 0.29) is 0 Å². The van der Waals surface area contributed by atoms with Gasteiger partial charge in [-0.2, -0.15) is 0 Å². The average molecular weight is 395 g/mol. The minimum absolute atomic E-state index is 0.510. The van der Waals surface area contributed by atoms with Gasteiger partial charge < -0.3 is 4.90 Å². The van der Waals surface area contributed by atoms with Crippen molar-refractivity contribution in [3.8, 4) is 0 Å². The van der Waals surface area contributed by atoms with Crippen LogP contribution in [0, 0.1) is 19.8 Å². The lowest BCUT2D eigenvalue weighted by atomic mass is 9.85. The molecule has 0 fully saturated rings. The zero-order chi connectivity index (χ0) is 21.3. The van der Waals surface area contributed by atoms with Crippen molar-refractivity contribution in [3.05, 3.63) is 113 Å². The van der Waals surface area contributed by atoms with Crippen molar-refractivity contribution >= 4 is 11.3 Å². The summed E-state index contributed by atoms with van der Waals surface area (Å²) in [6, 6.07) is 21.9. The second-order valence-electron chi connectivity index (χ2n) is 8.60. The predicted molar refractivity (Wildman–Crippen MR) is 127 cm³/mol. The van der Waals surface area contributed by atoms with E-state index in [2.05, 4.69) is 98.9 Å². The van der Waals surface area contributed by atoms with Gasteiger partial charge in [0.15, 0.2) is 0 Å². The highest BCUT2D eigenvalue weighted by Crippen LogP contribution is 2.41. The van der Waals surface area contributed by atoms with Crippen LogP contribution in [0.4, 0.5) is 0 Å². The van der Waals surface area contributed by atoms with Crippen molar-refractivity contribution in [1.29, 1.82) is 0 Å². The van der Waals surface area contributed by atoms with Crippen molar-refractivity contribution in [3.63, 3.8) is 0 Å². The molecule has 2 heteroatoms. The summed E-state index contributed by atoms with van der Waals surface area (Å²) >= 11 is 0. The van der Waals surface area contributed by atoms with Crippen molar-refractivity contribution in [2.24, 2.45) is 5.92 Å². The second-order valence-corrected chi connectivity index (χ2v) is 8.60. The molecule has 0 spiro atoms. The van der Waals surface area contributed by atoms with Crippen LogP contribution in [0.5, 0.6) is 0 Å². The molecule has 0 N–H and O–H groups in total. The van der Waals surface area contributed by atoms with E-state index in [0.29, 0.717) is 5.92 Å². The van der Waals surface area contributed by atoms with Gasteiger partial charge >= 0.3 is 0 Å². The van der Waals surface area contributed by atoms with Crippen LogP contribution in [0.15, 0.2) is 79.1 Å². The van der Waals surface area contributed by atoms with Crippen LogP contribution >= 0.6 is 0 Å². The monoisotopic (exact) mass is 394 g/mol. The number of aromatic nitrogens is 1. The van der Waals surface area contributed by atoms with Crippen LogP contribution in [-0.2, 0) is 6.42 Å². The highest BCUT2D eigenvalue weighted by atomic mass is 15.1. The Morgan fingerprint density at radius 3 is 2.43 bits per heavy atom. The van der Waals surface area contributed by atoms with Crippen LogP contribution in [0.2, 0.25) is 0 Å². The number of hydrogen-bond acceptors (Lipinski definition) is 2. The SMILES string of the molecule is C=C1c2ncccc2C(c2ccc(C)cc2)=C(CC(C)Cc2cccc(C)c2)N1C. The third kappa shape index (κ3) is 3.95. The van der Waals surface area contributed by atoms with Gasteiger partial charge in [0.1, 0.15) is 0 Å². The van der Waals surface area contributed by atoms with E-state index >= 15 is 0 Å². The van der Waals surface area contributed by atoms with Crippen LogP contribution in [0.1, 0.15) is 46.9 Å². The molecule has 1 aliphatic rings. The summed E-state index contributed by atoms with van der Waals surface area (Å²) < 4.78 is 0. The van der Waals surface area contributed by atoms with E-state index in [0.717, 1.165) is 24.2 Å². The van der Waals surface area contributed by atoms with E-state index < -0.39 is 0 Å². The first-order chi connectivity index (χ1) is 14.4. The van der Waals surface area contributed by atoms with Crippen molar-refractivity contribution < 1.29 is 0 Å². The van der Waals surface area contributed by atoms with E-state index in [1.165, 1.54) is 39.1 Å². The van der Waals surface area contributed by atoms with E-state index in [1.807, 2.05) is 12.3 Å². The lowest BCUT2D eigenvalue weighted by Gasteiger charge is -2.35. The van der Waals surface area contributed by atoms with Crippen molar-refractivity contribution in [1.82, 2.24) is 9.88 Å². The van der Waals surface area contributed by atoms with E-state index in [4.69, 9.17) is 0 Å². The molecular weight excluding hydrogens is 364 g/mol. The van der Waals surface area contributed by atoms with E-state index in [1.54, 1.807) is 0 Å². The maximum Gasteiger partial charge on any atom is 0.0939 e. The Hall–Kier alpha value is -3.13. The number of pyridine rings is 1. The molecule has 30 heavy (non-hydrogen) atoms. The molecular formula is C28H30N2. The van der Waals surface area contributed by atoms with Gasteiger partial charge in [-0.05, 0) is 49.8 Å². The highest BCUT2D eigenvalue weighted by molar-refractivity contribution is 5.90. The Kier molecular flexibility index (Phi) is 5.59. The first-order valence-electron chi connectivity index (χ1n) is 10.7. The number of allylic oxidation sites excluding steroid dienone is 1. The topological polar surface area (TPSA) is 16.1 Å². The van der Waals surface area contributed by atoms with E-state index in [9.17, 15) is 0 Å². The standard InChI is InChI=1S/C28H30N2/c1-19-11-13-24(14-12-19)27-25-10-7-15-29-28(25)22(4)30(5)26(27)18-21(3)17-23-9-6-8-20(2)16-23/h6-16,21H,4,17-18H2,1-3,5H3. The molecule has 4 rings (SSSR count). The zero-order valence-corrected chi connectivity index (χ0v) is 18.4. The van der Waals surface area contributed by atoms with Gasteiger partial charge in [0, 0.05) is 30.1 Å². The van der Waals surface area contributed by atoms with Gasteiger partial charge in [0.05, 0.1) is 11.4 Å². The van der Waals surface area contributed by atoms with Gasteiger partial charge in [-0.25, -0.2) is 0 Å². The third-order valence-corrected chi connectivity index (χ3v) is 6.00. The highest BCUT2D eigenvalue weighted by Gasteiger charge is 2.28. The number of hydrogen-bond donors (Lipinski definition) is 0. The van der Waals surface area contributed by atoms with Gasteiger partial charge in [-0.15, -0.1) is 0 Å². The summed E-state index contributed by atoms with van der Waals surface area (Å²) in [6.07, 6.45) is 3.91. The third-order valence-electron chi connectivity index (χ3n) is 6.00. The smallest absolute Gasteiger partial charge is 0.0939 e. The molecule has 1 aromatic heterocycles. The fraction of sp³-hybridized carbons (Fsp3) is 0.250. The summed E-state index contributed by atoms with van der Waals surface area (Å²) in [5, 5.41) is 0. The molecule has 152 valence electrons. The minimum atomic E-state index is 0.510. The van der Waals surface area contributed by atoms with Crippen LogP contribution in [0.3, 0.4) is 0 Å².